The van der Waals surface area contributed by atoms with E-state index in [1.54, 1.807) is 79.8 Å². The van der Waals surface area contributed by atoms with E-state index in [1.807, 2.05) is 19.9 Å². The zero-order chi connectivity index (χ0) is 82.4. The lowest BCUT2D eigenvalue weighted by molar-refractivity contribution is -0.137. The Morgan fingerprint density at radius 3 is 1.17 bits per heavy atom. The van der Waals surface area contributed by atoms with Gasteiger partial charge in [-0.25, -0.2) is 0 Å². The van der Waals surface area contributed by atoms with E-state index in [-0.39, 0.29) is 145 Å². The molecule has 1 aromatic carbocycles. The van der Waals surface area contributed by atoms with Gasteiger partial charge in [0, 0.05) is 49.7 Å². The van der Waals surface area contributed by atoms with E-state index in [9.17, 15) is 57.5 Å². The van der Waals surface area contributed by atoms with Gasteiger partial charge in [-0.3, -0.25) is 77.5 Å². The largest absolute Gasteiger partial charge is 0.370 e. The van der Waals surface area contributed by atoms with Crippen LogP contribution in [0.2, 0.25) is 0 Å². The number of fused-ring (bicyclic) bond motifs is 1. The fourth-order valence-electron chi connectivity index (χ4n) is 11.2. The first kappa shape index (κ1) is 94.5. The predicted molar refractivity (Wildman–Crippen MR) is 417 cm³/mol. The summed E-state index contributed by atoms with van der Waals surface area (Å²) in [5.41, 5.74) is 63.3. The Morgan fingerprint density at radius 1 is 0.394 bits per heavy atom. The molecule has 0 spiro atoms. The number of carbonyl (C=O) groups is 12. The summed E-state index contributed by atoms with van der Waals surface area (Å²) in [6.45, 7) is 18.8. The number of nitrogens with two attached hydrogens (primary N) is 11. The highest BCUT2D eigenvalue weighted by Crippen LogP contribution is 2.21. The molecule has 2 rings (SSSR count). The number of aliphatic imine (C=N–C) groups is 4. The van der Waals surface area contributed by atoms with Crippen molar-refractivity contribution in [2.24, 2.45) is 113 Å². The van der Waals surface area contributed by atoms with Crippen molar-refractivity contribution in [1.82, 2.24) is 63.5 Å². The van der Waals surface area contributed by atoms with E-state index in [2.05, 4.69) is 83.4 Å². The second-order valence-corrected chi connectivity index (χ2v) is 28.6. The van der Waals surface area contributed by atoms with Crippen LogP contribution in [0.25, 0.3) is 10.9 Å². The normalized spacial score (nSPS) is 14.8. The summed E-state index contributed by atoms with van der Waals surface area (Å²) in [6, 6.07) is -8.29. The molecule has 612 valence electrons. The van der Waals surface area contributed by atoms with E-state index < -0.39 is 161 Å². The number of benzene rings is 1. The van der Waals surface area contributed by atoms with Gasteiger partial charge in [0.15, 0.2) is 23.8 Å². The lowest BCUT2D eigenvalue weighted by atomic mass is 9.96. The van der Waals surface area contributed by atoms with Crippen LogP contribution in [0.4, 0.5) is 0 Å². The molecule has 0 aliphatic heterocycles. The Kier molecular flexibility index (Phi) is 42.2. The molecule has 34 N–H and O–H groups in total. The van der Waals surface area contributed by atoms with Gasteiger partial charge in [0.05, 0.1) is 6.04 Å². The monoisotopic (exact) mass is 1540 g/mol. The number of nitrogens with zero attached hydrogens (tertiary/aromatic N) is 4. The topological polar surface area (TPSA) is 689 Å². The summed E-state index contributed by atoms with van der Waals surface area (Å²) in [5, 5.41) is 30.5. The van der Waals surface area contributed by atoms with Crippen LogP contribution in [-0.4, -0.2) is 205 Å². The number of primary amides is 1. The lowest BCUT2D eigenvalue weighted by Crippen LogP contribution is -2.62. The fourth-order valence-corrected chi connectivity index (χ4v) is 11.2. The van der Waals surface area contributed by atoms with Gasteiger partial charge in [0.1, 0.15) is 66.5 Å². The zero-order valence-electron chi connectivity index (χ0n) is 65.0. The number of hydrogen-bond donors (Lipinski definition) is 23. The molecule has 0 aliphatic rings. The van der Waals surface area contributed by atoms with Crippen molar-refractivity contribution in [1.29, 1.82) is 0 Å². The van der Waals surface area contributed by atoms with E-state index in [0.717, 1.165) is 0 Å². The minimum absolute atomic E-state index is 0.00236. The first-order chi connectivity index (χ1) is 51.2. The Labute approximate surface area is 637 Å². The van der Waals surface area contributed by atoms with Crippen LogP contribution in [0, 0.1) is 29.6 Å². The number of H-pyrrole nitrogens is 1. The summed E-state index contributed by atoms with van der Waals surface area (Å²) in [7, 11) is 0. The number of aromatic amines is 1. The molecule has 1 heterocycles. The summed E-state index contributed by atoms with van der Waals surface area (Å²) >= 11 is 0. The molecular weight excluding hydrogens is 1410 g/mol. The highest BCUT2D eigenvalue weighted by Gasteiger charge is 2.39. The molecule has 39 heteroatoms. The van der Waals surface area contributed by atoms with Crippen molar-refractivity contribution in [3.63, 3.8) is 0 Å². The van der Waals surface area contributed by atoms with E-state index in [1.165, 1.54) is 6.92 Å². The minimum Gasteiger partial charge on any atom is -0.370 e. The molecule has 2 aromatic rings. The molecule has 0 unspecified atom stereocenters. The number of rotatable bonds is 51. The fraction of sp³-hybridized carbons (Fsp3) is 0.657. The first-order valence-electron chi connectivity index (χ1n) is 37.1. The molecule has 1 aromatic heterocycles. The third-order valence-corrected chi connectivity index (χ3v) is 17.8. The van der Waals surface area contributed by atoms with E-state index >= 15 is 0 Å². The number of hydrogen-bond acceptors (Lipinski definition) is 18. The smallest absolute Gasteiger partial charge is 0.243 e. The van der Waals surface area contributed by atoms with Gasteiger partial charge in [-0.05, 0) is 125 Å². The molecule has 0 radical (unpaired) electrons. The van der Waals surface area contributed by atoms with Gasteiger partial charge in [-0.1, -0.05) is 93.9 Å². The minimum atomic E-state index is -1.45. The SMILES string of the molecule is CC[C@H](C)[C@H](NC(=O)[C@H](CCCN=C(N)N)NC(=O)[C@@H](NC(=O)[C@H](C)NC(=O)[C@@H](NC(=O)[C@H](CCCN)NC(=O)[C@H](CC(C)C)NC(=O)[C@H](CCCN=C(N)N)NC(=O)[C@@H](N)C(C)C)C(C)C)C(C)C)C(=O)N[C@@H](Cc1c[nH]c2ccccc12)C(=O)N[C@@H](CCCN=C(N)N)C(=O)N[C@@H](CCCN=C(N)N)C(N)=O. The van der Waals surface area contributed by atoms with Gasteiger partial charge in [-0.15, -0.1) is 0 Å². The molecule has 0 saturated carbocycles. The molecule has 39 nitrogen and oxygen atoms in total. The van der Waals surface area contributed by atoms with Gasteiger partial charge < -0.3 is 127 Å². The Hall–Kier alpha value is -10.6. The average Bonchev–Trinajstić information content (AvgIpc) is 1.68. The van der Waals surface area contributed by atoms with Crippen LogP contribution in [0.5, 0.6) is 0 Å². The van der Waals surface area contributed by atoms with Gasteiger partial charge in [0.2, 0.25) is 70.9 Å². The summed E-state index contributed by atoms with van der Waals surface area (Å²) < 4.78 is 0. The Morgan fingerprint density at radius 2 is 0.743 bits per heavy atom. The van der Waals surface area contributed by atoms with Crippen molar-refractivity contribution >= 4 is 106 Å². The zero-order valence-corrected chi connectivity index (χ0v) is 65.0. The highest BCUT2D eigenvalue weighted by molar-refractivity contribution is 6.00. The summed E-state index contributed by atoms with van der Waals surface area (Å²) in [4.78, 5) is 189. The van der Waals surface area contributed by atoms with E-state index in [0.29, 0.717) is 22.9 Å². The average molecular weight is 1540 g/mol. The first-order valence-corrected chi connectivity index (χ1v) is 37.1. The van der Waals surface area contributed by atoms with Crippen LogP contribution in [0.3, 0.4) is 0 Å². The quantitative estimate of drug-likeness (QED) is 0.0167. The standard InChI is InChI=1S/C70H125N27O12/c1-12-39(10)54(66(109)94-50(33-41-34-86-43-21-14-13-20-42(41)43)62(105)90-46(24-17-29-83-68(76)77)57(100)88-44(55(73)98)23-16-28-82-67(74)75)97-60(103)48(26-19-31-85-70(80)81)92-65(108)53(38(8)9)95-56(99)40(11)87-64(107)52(37(6)7)96-59(102)45(22-15-27-71)89-61(104)49(32-35(2)3)93-58(101)47(25-18-30-84-69(78)79)91-63(106)51(72)36(4)5/h13-14,20-21,34-40,44-54,86H,12,15-19,22-33,71-72H2,1-11H3,(H2,73,98)(H,87,107)(H,88,100)(H,89,104)(H,90,105)(H,91,106)(H,92,108)(H,93,101)(H,94,109)(H,95,99)(H,96,102)(H,97,103)(H4,74,75,82)(H4,76,77,83)(H4,78,79,84)(H4,80,81,85)/t39-,40-,44-,45-,46-,47-,48-,49-,50-,51-,52-,53-,54-/m0/s1. The predicted octanol–water partition coefficient (Wildman–Crippen LogP) is -5.11. The van der Waals surface area contributed by atoms with E-state index in [4.69, 9.17) is 63.1 Å². The number of amides is 12. The third-order valence-electron chi connectivity index (χ3n) is 17.8. The van der Waals surface area contributed by atoms with Gasteiger partial charge in [-0.2, -0.15) is 0 Å². The third kappa shape index (κ3) is 34.9. The summed E-state index contributed by atoms with van der Waals surface area (Å²) in [6.07, 6.45) is 2.84. The molecule has 0 fully saturated rings. The van der Waals surface area contributed by atoms with Crippen molar-refractivity contribution in [3.8, 4) is 0 Å². The molecule has 0 aliphatic carbocycles. The second-order valence-electron chi connectivity index (χ2n) is 28.6. The Bertz CT molecular complexity index is 3430. The Balaban J connectivity index is 2.51. The number of guanidine groups is 4. The second kappa shape index (κ2) is 48.7. The van der Waals surface area contributed by atoms with Crippen molar-refractivity contribution in [2.45, 2.75) is 232 Å². The van der Waals surface area contributed by atoms with Crippen LogP contribution < -0.4 is 122 Å². The lowest BCUT2D eigenvalue weighted by Gasteiger charge is -2.30. The van der Waals surface area contributed by atoms with Crippen molar-refractivity contribution < 1.29 is 57.5 Å². The van der Waals surface area contributed by atoms with Gasteiger partial charge >= 0.3 is 0 Å². The van der Waals surface area contributed by atoms with Crippen LogP contribution in [-0.2, 0) is 64.0 Å². The number of nitrogens with one attached hydrogen (secondary N) is 12. The number of para-hydroxylation sites is 1. The number of aromatic nitrogens is 1. The molecule has 0 bridgehead atoms. The summed E-state index contributed by atoms with van der Waals surface area (Å²) in [5.74, 6) is -12.7. The molecule has 109 heavy (non-hydrogen) atoms. The molecule has 13 atom stereocenters. The van der Waals surface area contributed by atoms with Crippen molar-refractivity contribution in [3.05, 3.63) is 36.0 Å². The highest BCUT2D eigenvalue weighted by atomic mass is 16.2. The van der Waals surface area contributed by atoms with Gasteiger partial charge in [0.25, 0.3) is 0 Å². The number of carbonyl (C=O) groups excluding carboxylic acids is 12. The van der Waals surface area contributed by atoms with Crippen LogP contribution >= 0.6 is 0 Å². The molecule has 0 saturated heterocycles. The maximum Gasteiger partial charge on any atom is 0.243 e. The van der Waals surface area contributed by atoms with Crippen molar-refractivity contribution in [2.75, 3.05) is 32.7 Å². The van der Waals surface area contributed by atoms with Crippen LogP contribution in [0.1, 0.15) is 159 Å². The molecule has 12 amide bonds. The molecular formula is C70H125N27O12. The maximum absolute atomic E-state index is 14.9. The maximum atomic E-state index is 14.9. The van der Waals surface area contributed by atoms with Crippen LogP contribution in [0.15, 0.2) is 50.4 Å².